The Kier molecular flexibility index (Phi) is 6.31. The van der Waals surface area contributed by atoms with Gasteiger partial charge >= 0.3 is 0 Å². The van der Waals surface area contributed by atoms with E-state index in [0.717, 1.165) is 5.33 Å². The molecule has 4 heteroatoms. The summed E-state index contributed by atoms with van der Waals surface area (Å²) in [5, 5.41) is -0.0183. The number of halogens is 3. The van der Waals surface area contributed by atoms with E-state index < -0.39 is 5.31 Å². The van der Waals surface area contributed by atoms with Gasteiger partial charge in [-0.15, -0.1) is 30.6 Å². The van der Waals surface area contributed by atoms with E-state index in [1.807, 2.05) is 0 Å². The second-order valence-electron chi connectivity index (χ2n) is 2.04. The van der Waals surface area contributed by atoms with E-state index in [2.05, 4.69) is 53.4 Å². The summed E-state index contributed by atoms with van der Waals surface area (Å²) < 4.78 is 0. The second-order valence-corrected chi connectivity index (χ2v) is 17.9. The zero-order valence-corrected chi connectivity index (χ0v) is 11.2. The zero-order valence-electron chi connectivity index (χ0n) is 5.46. The van der Waals surface area contributed by atoms with E-state index in [4.69, 9.17) is 0 Å². The van der Waals surface area contributed by atoms with Gasteiger partial charge in [0, 0.05) is 5.33 Å². The SMILES string of the molecule is CCC[Si](Br)(Br)CCBr. The maximum atomic E-state index is 3.73. The molecule has 0 aromatic heterocycles. The predicted octanol–water partition coefficient (Wildman–Crippen LogP) is 4.02. The summed E-state index contributed by atoms with van der Waals surface area (Å²) in [6, 6.07) is 2.58. The molecule has 0 aliphatic rings. The fourth-order valence-electron chi connectivity index (χ4n) is 0.629. The van der Waals surface area contributed by atoms with Gasteiger partial charge in [0.15, 0.2) is 0 Å². The van der Waals surface area contributed by atoms with E-state index in [1.165, 1.54) is 18.5 Å². The van der Waals surface area contributed by atoms with Crippen molar-refractivity contribution < 1.29 is 0 Å². The standard InChI is InChI=1S/C5H11Br3Si/c1-2-4-9(7,8)5-3-6/h2-5H2,1H3. The van der Waals surface area contributed by atoms with Crippen molar-refractivity contribution in [3.8, 4) is 0 Å². The van der Waals surface area contributed by atoms with Crippen LogP contribution in [0.25, 0.3) is 0 Å². The lowest BCUT2D eigenvalue weighted by Gasteiger charge is -2.13. The summed E-state index contributed by atoms with van der Waals surface area (Å²) in [5.41, 5.74) is 0. The molecule has 0 heterocycles. The third kappa shape index (κ3) is 6.07. The molecular weight excluding hydrogens is 328 g/mol. The molecule has 0 saturated carbocycles. The molecule has 0 aromatic carbocycles. The molecular formula is C5H11Br3Si. The first kappa shape index (κ1) is 10.7. The van der Waals surface area contributed by atoms with Crippen LogP contribution in [0.15, 0.2) is 0 Å². The van der Waals surface area contributed by atoms with Crippen LogP contribution in [0.1, 0.15) is 13.3 Å². The highest BCUT2D eigenvalue weighted by atomic mass is 79.9. The van der Waals surface area contributed by atoms with Crippen molar-refractivity contribution in [2.24, 2.45) is 0 Å². The van der Waals surface area contributed by atoms with Crippen molar-refractivity contribution in [2.45, 2.75) is 25.4 Å². The minimum atomic E-state index is -1.13. The highest BCUT2D eigenvalue weighted by Crippen LogP contribution is 2.31. The molecule has 0 amide bonds. The molecule has 9 heavy (non-hydrogen) atoms. The molecule has 0 saturated heterocycles. The minimum absolute atomic E-state index is 1.11. The van der Waals surface area contributed by atoms with Gasteiger partial charge in [0.2, 0.25) is 5.31 Å². The van der Waals surface area contributed by atoms with Gasteiger partial charge in [0.25, 0.3) is 0 Å². The lowest BCUT2D eigenvalue weighted by Crippen LogP contribution is -2.16. The average molecular weight is 339 g/mol. The zero-order chi connectivity index (χ0) is 7.33. The quantitative estimate of drug-likeness (QED) is 0.412. The number of hydrogen-bond donors (Lipinski definition) is 0. The van der Waals surface area contributed by atoms with Gasteiger partial charge in [-0.25, -0.2) is 0 Å². The molecule has 0 rings (SSSR count). The molecule has 0 spiro atoms. The topological polar surface area (TPSA) is 0 Å². The monoisotopic (exact) mass is 336 g/mol. The molecule has 0 unspecified atom stereocenters. The Balaban J connectivity index is 3.43. The Morgan fingerprint density at radius 1 is 1.22 bits per heavy atom. The Hall–Kier alpha value is 1.66. The maximum absolute atomic E-state index is 3.73. The van der Waals surface area contributed by atoms with Crippen LogP contribution in [0.3, 0.4) is 0 Å². The number of rotatable bonds is 4. The van der Waals surface area contributed by atoms with E-state index in [-0.39, 0.29) is 0 Å². The van der Waals surface area contributed by atoms with Gasteiger partial charge in [-0.2, -0.15) is 0 Å². The Labute approximate surface area is 82.1 Å². The largest absolute Gasteiger partial charge is 0.201 e. The summed E-state index contributed by atoms with van der Waals surface area (Å²) in [4.78, 5) is 0. The van der Waals surface area contributed by atoms with Crippen LogP contribution in [0, 0.1) is 0 Å². The Bertz CT molecular complexity index is 66.6. The van der Waals surface area contributed by atoms with Crippen molar-refractivity contribution in [3.63, 3.8) is 0 Å². The fourth-order valence-corrected chi connectivity index (χ4v) is 10.7. The van der Waals surface area contributed by atoms with Gasteiger partial charge in [-0.05, 0) is 12.1 Å². The Morgan fingerprint density at radius 2 is 1.78 bits per heavy atom. The minimum Gasteiger partial charge on any atom is -0.111 e. The highest BCUT2D eigenvalue weighted by Gasteiger charge is 2.23. The van der Waals surface area contributed by atoms with Gasteiger partial charge in [-0.3, -0.25) is 0 Å². The lowest BCUT2D eigenvalue weighted by molar-refractivity contribution is 1.06. The fraction of sp³-hybridized carbons (Fsp3) is 1.00. The van der Waals surface area contributed by atoms with Crippen LogP contribution in [0.5, 0.6) is 0 Å². The van der Waals surface area contributed by atoms with Crippen molar-refractivity contribution >= 4 is 51.8 Å². The first-order valence-corrected chi connectivity index (χ1v) is 11.1. The molecule has 56 valence electrons. The van der Waals surface area contributed by atoms with Crippen LogP contribution in [0.4, 0.5) is 0 Å². The first-order valence-electron chi connectivity index (χ1n) is 3.06. The van der Waals surface area contributed by atoms with Crippen LogP contribution < -0.4 is 0 Å². The molecule has 0 aliphatic carbocycles. The molecule has 0 aromatic rings. The van der Waals surface area contributed by atoms with E-state index >= 15 is 0 Å². The van der Waals surface area contributed by atoms with Gasteiger partial charge in [0.1, 0.15) is 0 Å². The maximum Gasteiger partial charge on any atom is 0.201 e. The van der Waals surface area contributed by atoms with Crippen LogP contribution in [-0.2, 0) is 0 Å². The molecule has 0 atom stereocenters. The van der Waals surface area contributed by atoms with Crippen LogP contribution in [-0.4, -0.2) is 10.6 Å². The van der Waals surface area contributed by atoms with Crippen LogP contribution in [0.2, 0.25) is 12.1 Å². The highest BCUT2D eigenvalue weighted by molar-refractivity contribution is 9.51. The Morgan fingerprint density at radius 3 is 2.11 bits per heavy atom. The molecule has 0 N–H and O–H groups in total. The van der Waals surface area contributed by atoms with Crippen molar-refractivity contribution in [1.82, 2.24) is 0 Å². The average Bonchev–Trinajstić information content (AvgIpc) is 1.64. The predicted molar refractivity (Wildman–Crippen MR) is 57.3 cm³/mol. The van der Waals surface area contributed by atoms with Crippen LogP contribution >= 0.6 is 46.5 Å². The number of hydrogen-bond acceptors (Lipinski definition) is 0. The van der Waals surface area contributed by atoms with Crippen molar-refractivity contribution in [3.05, 3.63) is 0 Å². The molecule has 0 nitrogen and oxygen atoms in total. The van der Waals surface area contributed by atoms with E-state index in [9.17, 15) is 0 Å². The summed E-state index contributed by atoms with van der Waals surface area (Å²) in [5.74, 6) is 0. The summed E-state index contributed by atoms with van der Waals surface area (Å²) in [6.45, 7) is 2.22. The molecule has 0 bridgehead atoms. The molecule has 0 aliphatic heterocycles. The van der Waals surface area contributed by atoms with Crippen molar-refractivity contribution in [2.75, 3.05) is 5.33 Å². The van der Waals surface area contributed by atoms with E-state index in [1.54, 1.807) is 0 Å². The third-order valence-electron chi connectivity index (χ3n) is 1.08. The van der Waals surface area contributed by atoms with Crippen molar-refractivity contribution in [1.29, 1.82) is 0 Å². The number of alkyl halides is 1. The third-order valence-corrected chi connectivity index (χ3v) is 9.18. The summed E-state index contributed by atoms with van der Waals surface area (Å²) >= 11 is 10.9. The lowest BCUT2D eigenvalue weighted by atomic mass is 10.6. The normalized spacial score (nSPS) is 12.0. The van der Waals surface area contributed by atoms with E-state index in [0.29, 0.717) is 0 Å². The first-order chi connectivity index (χ1) is 4.12. The van der Waals surface area contributed by atoms with Gasteiger partial charge in [-0.1, -0.05) is 29.3 Å². The smallest absolute Gasteiger partial charge is 0.111 e. The molecule has 0 fully saturated rings. The second kappa shape index (κ2) is 5.33. The van der Waals surface area contributed by atoms with Gasteiger partial charge in [0.05, 0.1) is 0 Å². The van der Waals surface area contributed by atoms with Gasteiger partial charge < -0.3 is 0 Å². The molecule has 0 radical (unpaired) electrons. The summed E-state index contributed by atoms with van der Waals surface area (Å²) in [7, 11) is 0. The summed E-state index contributed by atoms with van der Waals surface area (Å²) in [6.07, 6.45) is 1.27.